The highest BCUT2D eigenvalue weighted by molar-refractivity contribution is 5.04. The third-order valence-corrected chi connectivity index (χ3v) is 1.39. The van der Waals surface area contributed by atoms with Crippen molar-refractivity contribution in [3.05, 3.63) is 23.7 Å². The average Bonchev–Trinajstić information content (AvgIpc) is 2.35. The molecule has 2 nitrogen and oxygen atoms in total. The van der Waals surface area contributed by atoms with Gasteiger partial charge in [-0.25, -0.2) is 8.78 Å². The minimum absolute atomic E-state index is 0.292. The second-order valence-electron chi connectivity index (χ2n) is 2.53. The summed E-state index contributed by atoms with van der Waals surface area (Å²) in [4.78, 5) is 0. The topological polar surface area (TPSA) is 25.2 Å². The average molecular weight is 175 g/mol. The first kappa shape index (κ1) is 9.19. The molecule has 0 saturated carbocycles. The third-order valence-electron chi connectivity index (χ3n) is 1.39. The Bertz CT molecular complexity index is 235. The van der Waals surface area contributed by atoms with Gasteiger partial charge in [0.1, 0.15) is 11.5 Å². The monoisotopic (exact) mass is 175 g/mol. The van der Waals surface area contributed by atoms with Crippen LogP contribution in [0.15, 0.2) is 16.5 Å². The Morgan fingerprint density at radius 2 is 2.25 bits per heavy atom. The van der Waals surface area contributed by atoms with E-state index in [-0.39, 0.29) is 6.54 Å². The lowest BCUT2D eigenvalue weighted by atomic mass is 10.4. The van der Waals surface area contributed by atoms with Crippen LogP contribution in [0.3, 0.4) is 0 Å². The largest absolute Gasteiger partial charge is 0.465 e. The highest BCUT2D eigenvalue weighted by Crippen LogP contribution is 2.05. The van der Waals surface area contributed by atoms with E-state index < -0.39 is 6.43 Å². The number of hydrogen-bond donors (Lipinski definition) is 1. The van der Waals surface area contributed by atoms with Gasteiger partial charge in [0.15, 0.2) is 0 Å². The lowest BCUT2D eigenvalue weighted by Crippen LogP contribution is -2.20. The molecule has 0 spiro atoms. The molecule has 0 fully saturated rings. The number of nitrogens with one attached hydrogen (secondary N) is 1. The number of halogens is 2. The first-order chi connectivity index (χ1) is 5.68. The van der Waals surface area contributed by atoms with Gasteiger partial charge in [0.05, 0.1) is 13.1 Å². The summed E-state index contributed by atoms with van der Waals surface area (Å²) in [7, 11) is 0. The summed E-state index contributed by atoms with van der Waals surface area (Å²) in [6.07, 6.45) is -2.30. The van der Waals surface area contributed by atoms with Gasteiger partial charge in [-0.15, -0.1) is 0 Å². The van der Waals surface area contributed by atoms with Gasteiger partial charge in [-0.2, -0.15) is 0 Å². The van der Waals surface area contributed by atoms with Crippen molar-refractivity contribution in [2.45, 2.75) is 19.9 Å². The fourth-order valence-electron chi connectivity index (χ4n) is 0.885. The third kappa shape index (κ3) is 3.00. The molecule has 12 heavy (non-hydrogen) atoms. The molecule has 0 aliphatic rings. The van der Waals surface area contributed by atoms with Crippen molar-refractivity contribution in [1.82, 2.24) is 5.32 Å². The summed E-state index contributed by atoms with van der Waals surface area (Å²) in [5.74, 6) is 1.48. The van der Waals surface area contributed by atoms with Crippen molar-refractivity contribution >= 4 is 0 Å². The van der Waals surface area contributed by atoms with Crippen LogP contribution in [-0.2, 0) is 6.54 Å². The molecule has 1 N–H and O–H groups in total. The molecule has 1 aromatic rings. The van der Waals surface area contributed by atoms with Crippen molar-refractivity contribution < 1.29 is 13.2 Å². The van der Waals surface area contributed by atoms with Crippen LogP contribution in [0.1, 0.15) is 11.5 Å². The van der Waals surface area contributed by atoms with Gasteiger partial charge in [0, 0.05) is 0 Å². The molecular formula is C8H11F2NO. The summed E-state index contributed by atoms with van der Waals surface area (Å²) in [5.41, 5.74) is 0. The van der Waals surface area contributed by atoms with Gasteiger partial charge < -0.3 is 9.73 Å². The summed E-state index contributed by atoms with van der Waals surface area (Å²) >= 11 is 0. The Kier molecular flexibility index (Phi) is 3.22. The lowest BCUT2D eigenvalue weighted by Gasteiger charge is -1.99. The fraction of sp³-hybridized carbons (Fsp3) is 0.500. The molecule has 4 heteroatoms. The van der Waals surface area contributed by atoms with Gasteiger partial charge in [0.25, 0.3) is 6.43 Å². The summed E-state index contributed by atoms with van der Waals surface area (Å²) < 4.78 is 28.5. The van der Waals surface area contributed by atoms with E-state index >= 15 is 0 Å². The second kappa shape index (κ2) is 4.21. The Morgan fingerprint density at radius 1 is 1.50 bits per heavy atom. The molecular weight excluding hydrogens is 164 g/mol. The highest BCUT2D eigenvalue weighted by atomic mass is 19.3. The van der Waals surface area contributed by atoms with Crippen LogP contribution < -0.4 is 5.32 Å². The minimum Gasteiger partial charge on any atom is -0.465 e. The fourth-order valence-corrected chi connectivity index (χ4v) is 0.885. The molecule has 1 aromatic heterocycles. The van der Waals surface area contributed by atoms with Crippen LogP contribution in [-0.4, -0.2) is 13.0 Å². The molecule has 0 atom stereocenters. The van der Waals surface area contributed by atoms with Crippen LogP contribution in [0.2, 0.25) is 0 Å². The Labute approximate surface area is 69.6 Å². The van der Waals surface area contributed by atoms with Gasteiger partial charge in [0.2, 0.25) is 0 Å². The van der Waals surface area contributed by atoms with Crippen LogP contribution in [0.25, 0.3) is 0 Å². The molecule has 68 valence electrons. The van der Waals surface area contributed by atoms with E-state index in [1.165, 1.54) is 0 Å². The van der Waals surface area contributed by atoms with Crippen LogP contribution in [0, 0.1) is 6.92 Å². The van der Waals surface area contributed by atoms with Crippen molar-refractivity contribution in [2.75, 3.05) is 6.54 Å². The van der Waals surface area contributed by atoms with Crippen LogP contribution in [0.5, 0.6) is 0 Å². The van der Waals surface area contributed by atoms with Crippen molar-refractivity contribution in [2.24, 2.45) is 0 Å². The molecule has 0 aliphatic carbocycles. The van der Waals surface area contributed by atoms with Gasteiger partial charge >= 0.3 is 0 Å². The van der Waals surface area contributed by atoms with E-state index in [9.17, 15) is 8.78 Å². The summed E-state index contributed by atoms with van der Waals surface area (Å²) in [5, 5.41) is 2.57. The number of rotatable bonds is 4. The number of furan rings is 1. The zero-order valence-electron chi connectivity index (χ0n) is 6.81. The van der Waals surface area contributed by atoms with Crippen LogP contribution >= 0.6 is 0 Å². The smallest absolute Gasteiger partial charge is 0.250 e. The van der Waals surface area contributed by atoms with Crippen molar-refractivity contribution in [3.8, 4) is 0 Å². The first-order valence-electron chi connectivity index (χ1n) is 3.72. The normalized spacial score (nSPS) is 11.0. The predicted octanol–water partition coefficient (Wildman–Crippen LogP) is 1.94. The number of alkyl halides is 2. The zero-order chi connectivity index (χ0) is 8.97. The Balaban J connectivity index is 2.24. The van der Waals surface area contributed by atoms with E-state index in [4.69, 9.17) is 4.42 Å². The zero-order valence-corrected chi connectivity index (χ0v) is 6.81. The maximum atomic E-state index is 11.6. The minimum atomic E-state index is -2.30. The Hall–Kier alpha value is -0.900. The molecule has 0 unspecified atom stereocenters. The van der Waals surface area contributed by atoms with E-state index in [0.717, 1.165) is 5.76 Å². The molecule has 0 saturated heterocycles. The Morgan fingerprint density at radius 3 is 2.75 bits per heavy atom. The van der Waals surface area contributed by atoms with E-state index in [1.54, 1.807) is 12.1 Å². The standard InChI is InChI=1S/C8H11F2NO/c1-6-2-3-7(12-6)4-11-5-8(9)10/h2-3,8,11H,4-5H2,1H3. The maximum absolute atomic E-state index is 11.6. The highest BCUT2D eigenvalue weighted by Gasteiger charge is 2.02. The number of hydrogen-bond acceptors (Lipinski definition) is 2. The molecule has 0 bridgehead atoms. The first-order valence-corrected chi connectivity index (χ1v) is 3.72. The molecule has 0 amide bonds. The maximum Gasteiger partial charge on any atom is 0.250 e. The van der Waals surface area contributed by atoms with Gasteiger partial charge in [-0.1, -0.05) is 0 Å². The quantitative estimate of drug-likeness (QED) is 0.756. The lowest BCUT2D eigenvalue weighted by molar-refractivity contribution is 0.144. The van der Waals surface area contributed by atoms with Gasteiger partial charge in [-0.3, -0.25) is 0 Å². The second-order valence-corrected chi connectivity index (χ2v) is 2.53. The molecule has 0 aromatic carbocycles. The molecule has 1 heterocycles. The van der Waals surface area contributed by atoms with Crippen LogP contribution in [0.4, 0.5) is 8.78 Å². The van der Waals surface area contributed by atoms with E-state index in [2.05, 4.69) is 5.32 Å². The molecule has 0 aliphatic heterocycles. The summed E-state index contributed by atoms with van der Waals surface area (Å²) in [6, 6.07) is 3.58. The van der Waals surface area contributed by atoms with Crippen molar-refractivity contribution in [3.63, 3.8) is 0 Å². The SMILES string of the molecule is Cc1ccc(CNCC(F)F)o1. The molecule has 1 rings (SSSR count). The predicted molar refractivity (Wildman–Crippen MR) is 41.2 cm³/mol. The van der Waals surface area contributed by atoms with Crippen molar-refractivity contribution in [1.29, 1.82) is 0 Å². The van der Waals surface area contributed by atoms with E-state index in [1.807, 2.05) is 6.92 Å². The van der Waals surface area contributed by atoms with Gasteiger partial charge in [-0.05, 0) is 19.1 Å². The molecule has 0 radical (unpaired) electrons. The van der Waals surface area contributed by atoms with E-state index in [0.29, 0.717) is 12.3 Å². The number of aryl methyl sites for hydroxylation is 1. The summed E-state index contributed by atoms with van der Waals surface area (Å²) in [6.45, 7) is 1.88.